The van der Waals surface area contributed by atoms with Crippen LogP contribution < -0.4 is 10.2 Å². The predicted octanol–water partition coefficient (Wildman–Crippen LogP) is 4.58. The Morgan fingerprint density at radius 1 is 1.16 bits per heavy atom. The van der Waals surface area contributed by atoms with E-state index in [1.807, 2.05) is 23.6 Å². The van der Waals surface area contributed by atoms with Gasteiger partial charge in [0.15, 0.2) is 5.13 Å². The summed E-state index contributed by atoms with van der Waals surface area (Å²) in [5, 5.41) is 6.45. The van der Waals surface area contributed by atoms with Crippen LogP contribution in [0.15, 0.2) is 47.8 Å². The van der Waals surface area contributed by atoms with Crippen LogP contribution >= 0.6 is 22.7 Å². The molecule has 0 aliphatic carbocycles. The Morgan fingerprint density at radius 2 is 2.03 bits per heavy atom. The number of morpholine rings is 1. The van der Waals surface area contributed by atoms with Gasteiger partial charge in [0.25, 0.3) is 0 Å². The van der Waals surface area contributed by atoms with Gasteiger partial charge in [0.05, 0.1) is 35.5 Å². The number of nitrogens with zero attached hydrogens (tertiary/aromatic N) is 3. The molecule has 1 saturated heterocycles. The van der Waals surface area contributed by atoms with Crippen LogP contribution in [0.3, 0.4) is 0 Å². The second-order valence-electron chi connectivity index (χ2n) is 7.16. The number of amides is 1. The molecule has 0 saturated carbocycles. The SMILES string of the molecule is O=C(Cc1csc(-c2cccc(F)c2)n1)Nc1ccc2nc(N3CCOCC3)sc2c1. The van der Waals surface area contributed by atoms with Gasteiger partial charge in [-0.15, -0.1) is 11.3 Å². The van der Waals surface area contributed by atoms with Gasteiger partial charge in [-0.2, -0.15) is 0 Å². The van der Waals surface area contributed by atoms with E-state index in [1.54, 1.807) is 23.5 Å². The average Bonchev–Trinajstić information content (AvgIpc) is 3.41. The molecule has 9 heteroatoms. The van der Waals surface area contributed by atoms with Gasteiger partial charge in [-0.25, -0.2) is 14.4 Å². The summed E-state index contributed by atoms with van der Waals surface area (Å²) in [4.78, 5) is 23.9. The zero-order chi connectivity index (χ0) is 21.2. The van der Waals surface area contributed by atoms with E-state index in [0.29, 0.717) is 16.3 Å². The Kier molecular flexibility index (Phi) is 5.63. The van der Waals surface area contributed by atoms with E-state index >= 15 is 0 Å². The lowest BCUT2D eigenvalue weighted by Crippen LogP contribution is -2.36. The molecule has 4 aromatic rings. The smallest absolute Gasteiger partial charge is 0.230 e. The molecule has 1 aliphatic rings. The van der Waals surface area contributed by atoms with Crippen molar-refractivity contribution in [2.24, 2.45) is 0 Å². The number of thiazole rings is 2. The van der Waals surface area contributed by atoms with Crippen molar-refractivity contribution < 1.29 is 13.9 Å². The first-order chi connectivity index (χ1) is 15.1. The molecule has 31 heavy (non-hydrogen) atoms. The highest BCUT2D eigenvalue weighted by atomic mass is 32.1. The third-order valence-electron chi connectivity index (χ3n) is 4.91. The van der Waals surface area contributed by atoms with Crippen LogP contribution in [0.2, 0.25) is 0 Å². The average molecular weight is 455 g/mol. The quantitative estimate of drug-likeness (QED) is 0.478. The van der Waals surface area contributed by atoms with Crippen LogP contribution in [0, 0.1) is 5.82 Å². The maximum absolute atomic E-state index is 13.4. The third-order valence-corrected chi connectivity index (χ3v) is 6.93. The van der Waals surface area contributed by atoms with Crippen molar-refractivity contribution in [3.63, 3.8) is 0 Å². The minimum Gasteiger partial charge on any atom is -0.378 e. The summed E-state index contributed by atoms with van der Waals surface area (Å²) in [5.41, 5.74) is 3.03. The Morgan fingerprint density at radius 3 is 2.87 bits per heavy atom. The summed E-state index contributed by atoms with van der Waals surface area (Å²) in [5.74, 6) is -0.449. The van der Waals surface area contributed by atoms with Gasteiger partial charge < -0.3 is 15.0 Å². The molecule has 3 heterocycles. The molecular formula is C22H19FN4O2S2. The number of hydrogen-bond acceptors (Lipinski definition) is 7. The number of benzene rings is 2. The van der Waals surface area contributed by atoms with Gasteiger partial charge >= 0.3 is 0 Å². The molecule has 1 aliphatic heterocycles. The Balaban J connectivity index is 1.26. The number of nitrogens with one attached hydrogen (secondary N) is 1. The molecule has 0 spiro atoms. The summed E-state index contributed by atoms with van der Waals surface area (Å²) in [7, 11) is 0. The molecule has 5 rings (SSSR count). The van der Waals surface area contributed by atoms with Crippen molar-refractivity contribution in [2.75, 3.05) is 36.5 Å². The van der Waals surface area contributed by atoms with Crippen LogP contribution in [0.25, 0.3) is 20.8 Å². The number of carbonyl (C=O) groups excluding carboxylic acids is 1. The lowest BCUT2D eigenvalue weighted by molar-refractivity contribution is -0.115. The molecule has 1 amide bonds. The number of ether oxygens (including phenoxy) is 1. The van der Waals surface area contributed by atoms with Gasteiger partial charge in [-0.05, 0) is 30.3 Å². The minimum absolute atomic E-state index is 0.145. The summed E-state index contributed by atoms with van der Waals surface area (Å²) in [6.45, 7) is 3.12. The molecule has 6 nitrogen and oxygen atoms in total. The van der Waals surface area contributed by atoms with Gasteiger partial charge in [-0.1, -0.05) is 23.5 Å². The highest BCUT2D eigenvalue weighted by molar-refractivity contribution is 7.22. The Hall–Kier alpha value is -2.88. The third kappa shape index (κ3) is 4.58. The number of aromatic nitrogens is 2. The van der Waals surface area contributed by atoms with Crippen LogP contribution in [0.4, 0.5) is 15.2 Å². The van der Waals surface area contributed by atoms with Crippen LogP contribution in [-0.2, 0) is 16.0 Å². The van der Waals surface area contributed by atoms with Gasteiger partial charge in [0, 0.05) is 29.7 Å². The zero-order valence-corrected chi connectivity index (χ0v) is 18.1. The van der Waals surface area contributed by atoms with E-state index in [1.165, 1.54) is 23.5 Å². The fourth-order valence-corrected chi connectivity index (χ4v) is 5.27. The second-order valence-corrected chi connectivity index (χ2v) is 9.02. The van der Waals surface area contributed by atoms with Crippen molar-refractivity contribution in [3.05, 3.63) is 59.4 Å². The van der Waals surface area contributed by atoms with E-state index in [2.05, 4.69) is 15.2 Å². The van der Waals surface area contributed by atoms with E-state index < -0.39 is 0 Å². The highest BCUT2D eigenvalue weighted by Gasteiger charge is 2.16. The highest BCUT2D eigenvalue weighted by Crippen LogP contribution is 2.31. The van der Waals surface area contributed by atoms with Crippen molar-refractivity contribution >= 4 is 49.6 Å². The normalized spacial score (nSPS) is 14.2. The fraction of sp³-hybridized carbons (Fsp3) is 0.227. The summed E-state index contributed by atoms with van der Waals surface area (Å²) in [6, 6.07) is 12.0. The lowest BCUT2D eigenvalue weighted by atomic mass is 10.2. The van der Waals surface area contributed by atoms with E-state index in [0.717, 1.165) is 47.3 Å². The molecule has 1 N–H and O–H groups in total. The Labute approximate surface area is 186 Å². The zero-order valence-electron chi connectivity index (χ0n) is 16.5. The molecule has 2 aromatic heterocycles. The first-order valence-electron chi connectivity index (χ1n) is 9.87. The number of anilines is 2. The molecule has 0 bridgehead atoms. The van der Waals surface area contributed by atoms with Crippen molar-refractivity contribution in [1.29, 1.82) is 0 Å². The second kappa shape index (κ2) is 8.70. The first kappa shape index (κ1) is 20.0. The molecule has 1 fully saturated rings. The number of rotatable bonds is 5. The van der Waals surface area contributed by atoms with Crippen molar-refractivity contribution in [1.82, 2.24) is 9.97 Å². The van der Waals surface area contributed by atoms with Crippen molar-refractivity contribution in [2.45, 2.75) is 6.42 Å². The molecule has 0 unspecified atom stereocenters. The fourth-order valence-electron chi connectivity index (χ4n) is 3.39. The molecule has 0 atom stereocenters. The van der Waals surface area contributed by atoms with E-state index in [9.17, 15) is 9.18 Å². The minimum atomic E-state index is -0.303. The maximum Gasteiger partial charge on any atom is 0.230 e. The number of fused-ring (bicyclic) bond motifs is 1. The summed E-state index contributed by atoms with van der Waals surface area (Å²) >= 11 is 3.02. The van der Waals surface area contributed by atoms with E-state index in [-0.39, 0.29) is 18.1 Å². The van der Waals surface area contributed by atoms with E-state index in [4.69, 9.17) is 9.72 Å². The number of halogens is 1. The topological polar surface area (TPSA) is 67.4 Å². The van der Waals surface area contributed by atoms with Crippen LogP contribution in [0.5, 0.6) is 0 Å². The number of carbonyl (C=O) groups is 1. The Bertz CT molecular complexity index is 1230. The molecule has 2 aromatic carbocycles. The number of hydrogen-bond donors (Lipinski definition) is 1. The predicted molar refractivity (Wildman–Crippen MR) is 122 cm³/mol. The van der Waals surface area contributed by atoms with Gasteiger partial charge in [0.1, 0.15) is 10.8 Å². The lowest BCUT2D eigenvalue weighted by Gasteiger charge is -2.25. The molecular weight excluding hydrogens is 435 g/mol. The van der Waals surface area contributed by atoms with Crippen LogP contribution in [0.1, 0.15) is 5.69 Å². The summed E-state index contributed by atoms with van der Waals surface area (Å²) < 4.78 is 19.9. The van der Waals surface area contributed by atoms with Crippen molar-refractivity contribution in [3.8, 4) is 10.6 Å². The first-order valence-corrected chi connectivity index (χ1v) is 11.6. The van der Waals surface area contributed by atoms with Crippen LogP contribution in [-0.4, -0.2) is 42.2 Å². The monoisotopic (exact) mass is 454 g/mol. The standard InChI is InChI=1S/C22H19FN4O2S2/c23-15-3-1-2-14(10-15)21-25-17(13-30-21)12-20(28)24-16-4-5-18-19(11-16)31-22(26-18)27-6-8-29-9-7-27/h1-5,10-11,13H,6-9,12H2,(H,24,28). The van der Waals surface area contributed by atoms with Gasteiger partial charge in [0.2, 0.25) is 5.91 Å². The maximum atomic E-state index is 13.4. The summed E-state index contributed by atoms with van der Waals surface area (Å²) in [6.07, 6.45) is 0.158. The molecule has 0 radical (unpaired) electrons. The van der Waals surface area contributed by atoms with Gasteiger partial charge in [-0.3, -0.25) is 4.79 Å². The largest absolute Gasteiger partial charge is 0.378 e. The molecule has 158 valence electrons.